The van der Waals surface area contributed by atoms with Crippen molar-refractivity contribution in [1.29, 1.82) is 0 Å². The molecule has 0 bridgehead atoms. The molecule has 1 unspecified atom stereocenters. The van der Waals surface area contributed by atoms with Gasteiger partial charge in [-0.1, -0.05) is 6.08 Å². The fourth-order valence-electron chi connectivity index (χ4n) is 1.53. The van der Waals surface area contributed by atoms with Crippen molar-refractivity contribution in [3.05, 3.63) is 11.6 Å². The van der Waals surface area contributed by atoms with Gasteiger partial charge in [0.25, 0.3) is 0 Å². The summed E-state index contributed by atoms with van der Waals surface area (Å²) in [5.74, 6) is 0.681. The molecule has 4 nitrogen and oxygen atoms in total. The number of hydrogen-bond donors (Lipinski definition) is 1. The van der Waals surface area contributed by atoms with Crippen molar-refractivity contribution in [3.63, 3.8) is 0 Å². The summed E-state index contributed by atoms with van der Waals surface area (Å²) in [6.45, 7) is 3.84. The largest absolute Gasteiger partial charge is 0.310 e. The Morgan fingerprint density at radius 2 is 2.31 bits per heavy atom. The number of carbonyl (C=O) groups is 1. The molecule has 0 saturated heterocycles. The average molecular weight is 177 g/mol. The molecule has 2 heterocycles. The molecule has 4 heteroatoms. The monoisotopic (exact) mass is 177 g/mol. The van der Waals surface area contributed by atoms with Crippen molar-refractivity contribution in [1.82, 2.24) is 5.32 Å². The van der Waals surface area contributed by atoms with E-state index in [0.29, 0.717) is 12.3 Å². The topological polar surface area (TPSA) is 53.8 Å². The molecule has 68 valence electrons. The Hall–Kier alpha value is -1.45. The normalized spacial score (nSPS) is 26.8. The molecule has 13 heavy (non-hydrogen) atoms. The summed E-state index contributed by atoms with van der Waals surface area (Å²) >= 11 is 0. The summed E-state index contributed by atoms with van der Waals surface area (Å²) in [6.07, 6.45) is 2.23. The van der Waals surface area contributed by atoms with E-state index in [2.05, 4.69) is 15.3 Å². The van der Waals surface area contributed by atoms with Gasteiger partial charge in [-0.25, -0.2) is 4.99 Å². The van der Waals surface area contributed by atoms with Crippen LogP contribution in [0.2, 0.25) is 0 Å². The maximum atomic E-state index is 11.1. The van der Waals surface area contributed by atoms with Gasteiger partial charge in [0.2, 0.25) is 5.91 Å². The van der Waals surface area contributed by atoms with Gasteiger partial charge in [-0.2, -0.15) is 0 Å². The number of amides is 1. The van der Waals surface area contributed by atoms with Gasteiger partial charge in [-0.3, -0.25) is 9.79 Å². The number of hydrogen-bond acceptors (Lipinski definition) is 3. The third kappa shape index (κ3) is 1.39. The maximum absolute atomic E-state index is 11.1. The number of rotatable bonds is 0. The highest BCUT2D eigenvalue weighted by atomic mass is 16.1. The van der Waals surface area contributed by atoms with Gasteiger partial charge in [0.1, 0.15) is 12.0 Å². The molecule has 0 radical (unpaired) electrons. The predicted octanol–water partition coefficient (Wildman–Crippen LogP) is 0.652. The number of carbonyl (C=O) groups excluding carboxylic acids is 1. The van der Waals surface area contributed by atoms with E-state index in [1.54, 1.807) is 0 Å². The van der Waals surface area contributed by atoms with Crippen LogP contribution in [0.4, 0.5) is 0 Å². The minimum absolute atomic E-state index is 0.00407. The molecule has 1 amide bonds. The molecular weight excluding hydrogens is 166 g/mol. The van der Waals surface area contributed by atoms with Crippen LogP contribution >= 0.6 is 0 Å². The van der Waals surface area contributed by atoms with E-state index in [1.807, 2.05) is 19.9 Å². The lowest BCUT2D eigenvalue weighted by atomic mass is 10.0. The SMILES string of the molecule is CC1=NC(C)N=C2NC(=O)CC=C12. The second-order valence-corrected chi connectivity index (χ2v) is 3.19. The Labute approximate surface area is 76.5 Å². The molecular formula is C9H11N3O. The molecule has 2 rings (SSSR count). The van der Waals surface area contributed by atoms with Gasteiger partial charge in [-0.15, -0.1) is 0 Å². The number of nitrogens with one attached hydrogen (secondary N) is 1. The fraction of sp³-hybridized carbons (Fsp3) is 0.444. The molecule has 0 saturated carbocycles. The fourth-order valence-corrected chi connectivity index (χ4v) is 1.53. The number of aliphatic imine (C=N–C) groups is 2. The van der Waals surface area contributed by atoms with Crippen LogP contribution in [0.3, 0.4) is 0 Å². The highest BCUT2D eigenvalue weighted by Gasteiger charge is 2.22. The van der Waals surface area contributed by atoms with Gasteiger partial charge in [0, 0.05) is 17.7 Å². The first-order valence-electron chi connectivity index (χ1n) is 4.30. The lowest BCUT2D eigenvalue weighted by molar-refractivity contribution is -0.119. The van der Waals surface area contributed by atoms with Crippen molar-refractivity contribution in [2.45, 2.75) is 26.4 Å². The van der Waals surface area contributed by atoms with E-state index in [9.17, 15) is 4.79 Å². The lowest BCUT2D eigenvalue weighted by Crippen LogP contribution is -2.39. The summed E-state index contributed by atoms with van der Waals surface area (Å²) in [6, 6.07) is 0. The molecule has 0 aromatic rings. The molecule has 0 aromatic carbocycles. The first-order chi connectivity index (χ1) is 6.16. The molecule has 0 aliphatic carbocycles. The zero-order valence-corrected chi connectivity index (χ0v) is 7.66. The Kier molecular flexibility index (Phi) is 1.76. The van der Waals surface area contributed by atoms with Gasteiger partial charge in [0.15, 0.2) is 0 Å². The van der Waals surface area contributed by atoms with E-state index >= 15 is 0 Å². The van der Waals surface area contributed by atoms with Gasteiger partial charge < -0.3 is 5.32 Å². The van der Waals surface area contributed by atoms with E-state index in [4.69, 9.17) is 0 Å². The first kappa shape index (κ1) is 8.16. The third-order valence-electron chi connectivity index (χ3n) is 2.09. The zero-order chi connectivity index (χ0) is 9.42. The minimum Gasteiger partial charge on any atom is -0.310 e. The van der Waals surface area contributed by atoms with Crippen molar-refractivity contribution >= 4 is 17.5 Å². The molecule has 0 spiro atoms. The van der Waals surface area contributed by atoms with Crippen LogP contribution in [0.25, 0.3) is 0 Å². The van der Waals surface area contributed by atoms with Crippen LogP contribution in [0, 0.1) is 0 Å². The average Bonchev–Trinajstić information content (AvgIpc) is 2.02. The van der Waals surface area contributed by atoms with Crippen LogP contribution < -0.4 is 5.32 Å². The highest BCUT2D eigenvalue weighted by Crippen LogP contribution is 2.14. The van der Waals surface area contributed by atoms with E-state index in [1.165, 1.54) is 0 Å². The van der Waals surface area contributed by atoms with Gasteiger partial charge in [-0.05, 0) is 13.8 Å². The van der Waals surface area contributed by atoms with Crippen LogP contribution in [0.5, 0.6) is 0 Å². The van der Waals surface area contributed by atoms with Crippen LogP contribution in [-0.2, 0) is 4.79 Å². The quantitative estimate of drug-likeness (QED) is 0.580. The second-order valence-electron chi connectivity index (χ2n) is 3.19. The molecule has 0 aromatic heterocycles. The number of nitrogens with zero attached hydrogens (tertiary/aromatic N) is 2. The Morgan fingerprint density at radius 3 is 3.08 bits per heavy atom. The minimum atomic E-state index is -0.0782. The number of amidine groups is 1. The first-order valence-corrected chi connectivity index (χ1v) is 4.30. The Morgan fingerprint density at radius 1 is 1.54 bits per heavy atom. The van der Waals surface area contributed by atoms with Gasteiger partial charge in [0.05, 0.1) is 0 Å². The van der Waals surface area contributed by atoms with Crippen molar-refractivity contribution in [2.24, 2.45) is 9.98 Å². The second kappa shape index (κ2) is 2.80. The van der Waals surface area contributed by atoms with Crippen LogP contribution in [0.1, 0.15) is 20.3 Å². The lowest BCUT2D eigenvalue weighted by Gasteiger charge is -2.21. The summed E-state index contributed by atoms with van der Waals surface area (Å²) in [7, 11) is 0. The molecule has 1 atom stereocenters. The maximum Gasteiger partial charge on any atom is 0.229 e. The summed E-state index contributed by atoms with van der Waals surface area (Å²) in [4.78, 5) is 19.6. The van der Waals surface area contributed by atoms with Crippen LogP contribution in [-0.4, -0.2) is 23.6 Å². The summed E-state index contributed by atoms with van der Waals surface area (Å²) < 4.78 is 0. The molecule has 2 aliphatic heterocycles. The van der Waals surface area contributed by atoms with Crippen molar-refractivity contribution in [3.8, 4) is 0 Å². The van der Waals surface area contributed by atoms with Crippen LogP contribution in [0.15, 0.2) is 21.6 Å². The Bertz CT molecular complexity index is 352. The highest BCUT2D eigenvalue weighted by molar-refractivity contribution is 6.28. The van der Waals surface area contributed by atoms with E-state index in [-0.39, 0.29) is 12.1 Å². The van der Waals surface area contributed by atoms with Crippen molar-refractivity contribution in [2.75, 3.05) is 0 Å². The summed E-state index contributed by atoms with van der Waals surface area (Å²) in [5.41, 5.74) is 1.93. The zero-order valence-electron chi connectivity index (χ0n) is 7.66. The third-order valence-corrected chi connectivity index (χ3v) is 2.09. The smallest absolute Gasteiger partial charge is 0.229 e. The van der Waals surface area contributed by atoms with Gasteiger partial charge >= 0.3 is 0 Å². The predicted molar refractivity (Wildman–Crippen MR) is 50.8 cm³/mol. The van der Waals surface area contributed by atoms with Crippen molar-refractivity contribution < 1.29 is 4.79 Å². The van der Waals surface area contributed by atoms with E-state index < -0.39 is 0 Å². The Balaban J connectivity index is 2.41. The van der Waals surface area contributed by atoms with E-state index in [0.717, 1.165) is 11.3 Å². The standard InChI is InChI=1S/C9H11N3O/c1-5-7-3-4-8(13)12-9(7)11-6(2)10-5/h3,6H,4H2,1-2H3,(H,11,12,13). The molecule has 2 aliphatic rings. The molecule has 0 fully saturated rings. The summed E-state index contributed by atoms with van der Waals surface area (Å²) in [5, 5.41) is 2.74. The number of fused-ring (bicyclic) bond motifs is 1. The molecule has 1 N–H and O–H groups in total.